The van der Waals surface area contributed by atoms with Gasteiger partial charge < -0.3 is 0 Å². The maximum Gasteiger partial charge on any atom is 0.0794 e. The van der Waals surface area contributed by atoms with Crippen LogP contribution in [0, 0.1) is 0 Å². The van der Waals surface area contributed by atoms with Crippen molar-refractivity contribution in [3.63, 3.8) is 0 Å². The Balaban J connectivity index is 1.32. The molecule has 1 aromatic heterocycles. The summed E-state index contributed by atoms with van der Waals surface area (Å²) in [5, 5.41) is 16.3. The van der Waals surface area contributed by atoms with E-state index in [1.54, 1.807) is 0 Å². The number of fused-ring (bicyclic) bond motifs is 13. The lowest BCUT2D eigenvalue weighted by atomic mass is 9.88. The topological polar surface area (TPSA) is 12.9 Å². The van der Waals surface area contributed by atoms with Crippen LogP contribution < -0.4 is 0 Å². The highest BCUT2D eigenvalue weighted by Gasteiger charge is 2.18. The Kier molecular flexibility index (Phi) is 5.35. The van der Waals surface area contributed by atoms with Crippen molar-refractivity contribution in [2.24, 2.45) is 0 Å². The highest BCUT2D eigenvalue weighted by atomic mass is 14.7. The minimum absolute atomic E-state index is 1.01. The number of rotatable bonds is 2. The van der Waals surface area contributed by atoms with E-state index in [-0.39, 0.29) is 0 Å². The summed E-state index contributed by atoms with van der Waals surface area (Å²) >= 11 is 0. The maximum atomic E-state index is 5.42. The molecule has 0 amide bonds. The van der Waals surface area contributed by atoms with Crippen LogP contribution in [0.4, 0.5) is 0 Å². The molecule has 10 aromatic rings. The third kappa shape index (κ3) is 3.60. The van der Waals surface area contributed by atoms with Crippen molar-refractivity contribution in [2.75, 3.05) is 0 Å². The molecule has 9 aromatic carbocycles. The van der Waals surface area contributed by atoms with Gasteiger partial charge in [-0.2, -0.15) is 0 Å². The maximum absolute atomic E-state index is 5.42. The first-order chi connectivity index (χ1) is 22.8. The van der Waals surface area contributed by atoms with Crippen LogP contribution in [0.25, 0.3) is 97.9 Å². The molecule has 0 saturated carbocycles. The minimum Gasteiger partial charge on any atom is -0.247 e. The summed E-state index contributed by atoms with van der Waals surface area (Å²) in [6.07, 6.45) is 0. The van der Waals surface area contributed by atoms with Crippen LogP contribution in [0.15, 0.2) is 164 Å². The fraction of sp³-hybridized carbons (Fsp3) is 0. The van der Waals surface area contributed by atoms with E-state index in [1.807, 2.05) is 0 Å². The second-order valence-corrected chi connectivity index (χ2v) is 12.3. The second-order valence-electron chi connectivity index (χ2n) is 12.3. The van der Waals surface area contributed by atoms with E-state index in [0.29, 0.717) is 0 Å². The van der Waals surface area contributed by atoms with Crippen LogP contribution in [0.5, 0.6) is 0 Å². The number of benzene rings is 9. The van der Waals surface area contributed by atoms with Crippen molar-refractivity contribution >= 4 is 75.5 Å². The van der Waals surface area contributed by atoms with Gasteiger partial charge in [-0.25, -0.2) is 4.98 Å². The molecule has 0 atom stereocenters. The summed E-state index contributed by atoms with van der Waals surface area (Å²) in [4.78, 5) is 5.42. The molecular weight excluding hydrogens is 555 g/mol. The van der Waals surface area contributed by atoms with Crippen LogP contribution in [-0.2, 0) is 0 Å². The van der Waals surface area contributed by atoms with Crippen molar-refractivity contribution in [3.8, 4) is 22.4 Å². The Morgan fingerprint density at radius 1 is 0.304 bits per heavy atom. The smallest absolute Gasteiger partial charge is 0.0794 e. The summed E-state index contributed by atoms with van der Waals surface area (Å²) in [6, 6.07) is 59.7. The normalized spacial score (nSPS) is 11.9. The number of pyridine rings is 1. The van der Waals surface area contributed by atoms with Gasteiger partial charge in [-0.05, 0) is 83.2 Å². The molecule has 0 aliphatic heterocycles. The van der Waals surface area contributed by atoms with E-state index < -0.39 is 0 Å². The molecule has 0 aliphatic carbocycles. The van der Waals surface area contributed by atoms with Crippen LogP contribution in [0.2, 0.25) is 0 Å². The Morgan fingerprint density at radius 2 is 0.848 bits per heavy atom. The number of hydrogen-bond donors (Lipinski definition) is 0. The lowest BCUT2D eigenvalue weighted by Gasteiger charge is -2.17. The number of para-hydroxylation sites is 1. The number of hydrogen-bond acceptors (Lipinski definition) is 1. The Bertz CT molecular complexity index is 2860. The predicted molar refractivity (Wildman–Crippen MR) is 198 cm³/mol. The van der Waals surface area contributed by atoms with E-state index in [9.17, 15) is 0 Å². The molecule has 1 nitrogen and oxygen atoms in total. The predicted octanol–water partition coefficient (Wildman–Crippen LogP) is 12.5. The van der Waals surface area contributed by atoms with Crippen LogP contribution in [-0.4, -0.2) is 4.98 Å². The monoisotopic (exact) mass is 581 g/mol. The fourth-order valence-electron chi connectivity index (χ4n) is 7.77. The highest BCUT2D eigenvalue weighted by molar-refractivity contribution is 6.33. The largest absolute Gasteiger partial charge is 0.247 e. The molecule has 0 fully saturated rings. The molecule has 0 radical (unpaired) electrons. The first kappa shape index (κ1) is 25.3. The zero-order valence-electron chi connectivity index (χ0n) is 25.0. The summed E-state index contributed by atoms with van der Waals surface area (Å²) in [5.74, 6) is 0. The van der Waals surface area contributed by atoms with Gasteiger partial charge in [0.2, 0.25) is 0 Å². The summed E-state index contributed by atoms with van der Waals surface area (Å²) in [5.41, 5.74) is 5.58. The Hall–Kier alpha value is -6.05. The van der Waals surface area contributed by atoms with Gasteiger partial charge >= 0.3 is 0 Å². The number of aromatic nitrogens is 1. The van der Waals surface area contributed by atoms with Crippen LogP contribution in [0.1, 0.15) is 0 Å². The molecule has 0 N–H and O–H groups in total. The SMILES string of the molecule is c1cc(-c2cc3c4ccccc4ccc3c3ccccc23)cc(-c2nc3ccccc3c3c4ccccc4c4ccccc4c23)c1. The Morgan fingerprint density at radius 3 is 1.61 bits per heavy atom. The van der Waals surface area contributed by atoms with Gasteiger partial charge in [0.15, 0.2) is 0 Å². The van der Waals surface area contributed by atoms with E-state index in [2.05, 4.69) is 164 Å². The van der Waals surface area contributed by atoms with Crippen molar-refractivity contribution in [1.82, 2.24) is 4.98 Å². The third-order valence-corrected chi connectivity index (χ3v) is 9.79. The van der Waals surface area contributed by atoms with Gasteiger partial charge in [-0.15, -0.1) is 0 Å². The molecule has 10 rings (SSSR count). The average Bonchev–Trinajstić information content (AvgIpc) is 3.14. The molecule has 46 heavy (non-hydrogen) atoms. The van der Waals surface area contributed by atoms with E-state index in [0.717, 1.165) is 16.8 Å². The quantitative estimate of drug-likeness (QED) is 0.185. The molecule has 0 spiro atoms. The van der Waals surface area contributed by atoms with E-state index in [1.165, 1.54) is 81.1 Å². The molecule has 0 unspecified atom stereocenters. The number of nitrogens with zero attached hydrogens (tertiary/aromatic N) is 1. The van der Waals surface area contributed by atoms with Crippen LogP contribution in [0.3, 0.4) is 0 Å². The Labute approximate surface area is 266 Å². The van der Waals surface area contributed by atoms with Gasteiger partial charge in [-0.3, -0.25) is 0 Å². The zero-order chi connectivity index (χ0) is 30.2. The lowest BCUT2D eigenvalue weighted by Crippen LogP contribution is -1.93. The third-order valence-electron chi connectivity index (χ3n) is 9.79. The fourth-order valence-corrected chi connectivity index (χ4v) is 7.77. The highest BCUT2D eigenvalue weighted by Crippen LogP contribution is 2.44. The minimum atomic E-state index is 1.01. The molecule has 1 heteroatoms. The molecule has 0 saturated heterocycles. The first-order valence-corrected chi connectivity index (χ1v) is 15.9. The van der Waals surface area contributed by atoms with Crippen molar-refractivity contribution < 1.29 is 0 Å². The molecule has 0 aliphatic rings. The van der Waals surface area contributed by atoms with Crippen LogP contribution >= 0.6 is 0 Å². The second kappa shape index (κ2) is 9.72. The zero-order valence-corrected chi connectivity index (χ0v) is 25.0. The summed E-state index contributed by atoms with van der Waals surface area (Å²) < 4.78 is 0. The molecule has 1 heterocycles. The average molecular weight is 582 g/mol. The molecule has 212 valence electrons. The van der Waals surface area contributed by atoms with Crippen molar-refractivity contribution in [3.05, 3.63) is 164 Å². The van der Waals surface area contributed by atoms with Gasteiger partial charge in [0.1, 0.15) is 0 Å². The van der Waals surface area contributed by atoms with Gasteiger partial charge in [0, 0.05) is 21.7 Å². The van der Waals surface area contributed by atoms with Gasteiger partial charge in [0.25, 0.3) is 0 Å². The first-order valence-electron chi connectivity index (χ1n) is 15.9. The molecule has 0 bridgehead atoms. The van der Waals surface area contributed by atoms with E-state index in [4.69, 9.17) is 4.98 Å². The van der Waals surface area contributed by atoms with Crippen molar-refractivity contribution in [2.45, 2.75) is 0 Å². The summed E-state index contributed by atoms with van der Waals surface area (Å²) in [7, 11) is 0. The lowest BCUT2D eigenvalue weighted by molar-refractivity contribution is 1.43. The standard InChI is InChI=1S/C45H27N/c1-2-15-31-28(12-1)24-25-36-32-16-3-4-19-35(32)40(27-41(31)36)29-13-11-14-30(26-29)45-44-38-21-8-6-18-34(38)33-17-5-7-20-37(33)43(44)39-22-9-10-23-42(39)46-45/h1-27H. The van der Waals surface area contributed by atoms with Crippen molar-refractivity contribution in [1.29, 1.82) is 0 Å². The summed E-state index contributed by atoms with van der Waals surface area (Å²) in [6.45, 7) is 0. The van der Waals surface area contributed by atoms with E-state index >= 15 is 0 Å². The molecular formula is C45H27N. The van der Waals surface area contributed by atoms with Gasteiger partial charge in [-0.1, -0.05) is 146 Å². The van der Waals surface area contributed by atoms with Gasteiger partial charge in [0.05, 0.1) is 11.2 Å².